The summed E-state index contributed by atoms with van der Waals surface area (Å²) in [6.45, 7) is 4.46. The Hall–Kier alpha value is -1.84. The van der Waals surface area contributed by atoms with E-state index >= 15 is 0 Å². The van der Waals surface area contributed by atoms with Crippen LogP contribution in [-0.2, 0) is 14.3 Å². The van der Waals surface area contributed by atoms with Gasteiger partial charge in [-0.2, -0.15) is 0 Å². The summed E-state index contributed by atoms with van der Waals surface area (Å²) < 4.78 is 5.24. The first-order chi connectivity index (χ1) is 17.6. The molecular formula is C32H56O4. The number of rotatable bonds is 26. The third kappa shape index (κ3) is 25.3. The average molecular weight is 505 g/mol. The second-order valence-corrected chi connectivity index (χ2v) is 9.91. The first-order valence-corrected chi connectivity index (χ1v) is 15.0. The largest absolute Gasteiger partial charge is 0.479 e. The molecule has 0 bridgehead atoms. The summed E-state index contributed by atoms with van der Waals surface area (Å²) in [7, 11) is 0. The molecule has 0 radical (unpaired) electrons. The van der Waals surface area contributed by atoms with E-state index in [2.05, 4.69) is 50.3 Å². The molecule has 4 nitrogen and oxygen atoms in total. The number of esters is 1. The molecule has 0 fully saturated rings. The van der Waals surface area contributed by atoms with E-state index < -0.39 is 12.1 Å². The second-order valence-electron chi connectivity index (χ2n) is 9.91. The van der Waals surface area contributed by atoms with Crippen molar-refractivity contribution < 1.29 is 19.4 Å². The minimum absolute atomic E-state index is 0.292. The molecule has 0 spiro atoms. The SMILES string of the molecule is CCCCC/C=C\C/C=C\C/C=C\CCCCC(=O)OC(CCCCCCCCCCCC)C(=O)O. The average Bonchev–Trinajstić information content (AvgIpc) is 2.86. The minimum Gasteiger partial charge on any atom is -0.479 e. The summed E-state index contributed by atoms with van der Waals surface area (Å²) in [5.41, 5.74) is 0. The van der Waals surface area contributed by atoms with Crippen LogP contribution in [0.3, 0.4) is 0 Å². The van der Waals surface area contributed by atoms with Crippen LogP contribution in [0.25, 0.3) is 0 Å². The van der Waals surface area contributed by atoms with Gasteiger partial charge in [-0.15, -0.1) is 0 Å². The standard InChI is InChI=1S/C32H56O4/c1-3-5-7-9-11-13-15-16-17-18-19-21-23-25-27-29-31(33)36-30(32(34)35)28-26-24-22-20-14-12-10-8-6-4-2/h11,13,16-17,19,21,30H,3-10,12,14-15,18,20,22-29H2,1-2H3,(H,34,35)/b13-11-,17-16-,21-19-. The van der Waals surface area contributed by atoms with Crippen molar-refractivity contribution in [2.24, 2.45) is 0 Å². The molecule has 1 N–H and O–H groups in total. The van der Waals surface area contributed by atoms with Crippen molar-refractivity contribution in [1.82, 2.24) is 0 Å². The number of aliphatic carboxylic acids is 1. The maximum absolute atomic E-state index is 12.1. The third-order valence-corrected chi connectivity index (χ3v) is 6.39. The molecule has 36 heavy (non-hydrogen) atoms. The Balaban J connectivity index is 3.73. The number of hydrogen-bond acceptors (Lipinski definition) is 3. The zero-order chi connectivity index (χ0) is 26.5. The van der Waals surface area contributed by atoms with Gasteiger partial charge in [0.15, 0.2) is 6.10 Å². The van der Waals surface area contributed by atoms with Gasteiger partial charge >= 0.3 is 11.9 Å². The molecule has 0 aliphatic rings. The lowest BCUT2D eigenvalue weighted by Crippen LogP contribution is -2.27. The summed E-state index contributed by atoms with van der Waals surface area (Å²) in [6.07, 6.45) is 34.5. The zero-order valence-electron chi connectivity index (χ0n) is 23.6. The number of ether oxygens (including phenoxy) is 1. The van der Waals surface area contributed by atoms with Crippen molar-refractivity contribution in [2.45, 2.75) is 155 Å². The lowest BCUT2D eigenvalue weighted by atomic mass is 10.0. The smallest absolute Gasteiger partial charge is 0.345 e. The Morgan fingerprint density at radius 3 is 1.58 bits per heavy atom. The Morgan fingerprint density at radius 2 is 1.06 bits per heavy atom. The van der Waals surface area contributed by atoms with E-state index in [0.29, 0.717) is 12.8 Å². The fourth-order valence-electron chi connectivity index (χ4n) is 4.09. The molecule has 0 rings (SSSR count). The summed E-state index contributed by atoms with van der Waals surface area (Å²) >= 11 is 0. The van der Waals surface area contributed by atoms with Gasteiger partial charge in [-0.3, -0.25) is 4.79 Å². The maximum Gasteiger partial charge on any atom is 0.345 e. The molecule has 0 aliphatic heterocycles. The summed E-state index contributed by atoms with van der Waals surface area (Å²) in [5, 5.41) is 9.37. The number of carboxylic acids is 1. The van der Waals surface area contributed by atoms with Crippen LogP contribution >= 0.6 is 0 Å². The molecule has 0 saturated carbocycles. The Kier molecular flexibility index (Phi) is 26.3. The highest BCUT2D eigenvalue weighted by molar-refractivity contribution is 5.77. The lowest BCUT2D eigenvalue weighted by Gasteiger charge is -2.13. The maximum atomic E-state index is 12.1. The van der Waals surface area contributed by atoms with Gasteiger partial charge in [0, 0.05) is 6.42 Å². The lowest BCUT2D eigenvalue weighted by molar-refractivity contribution is -0.164. The molecule has 0 amide bonds. The summed E-state index contributed by atoms with van der Waals surface area (Å²) in [4.78, 5) is 23.5. The summed E-state index contributed by atoms with van der Waals surface area (Å²) in [6, 6.07) is 0. The minimum atomic E-state index is -1.03. The molecule has 0 heterocycles. The van der Waals surface area contributed by atoms with Gasteiger partial charge in [-0.05, 0) is 57.8 Å². The number of hydrogen-bond donors (Lipinski definition) is 1. The van der Waals surface area contributed by atoms with E-state index in [1.165, 1.54) is 70.6 Å². The Labute approximate surface area is 222 Å². The van der Waals surface area contributed by atoms with Crippen molar-refractivity contribution in [1.29, 1.82) is 0 Å². The van der Waals surface area contributed by atoms with Crippen molar-refractivity contribution in [3.05, 3.63) is 36.5 Å². The fourth-order valence-corrected chi connectivity index (χ4v) is 4.09. The predicted octanol–water partition coefficient (Wildman–Crippen LogP) is 9.88. The van der Waals surface area contributed by atoms with Crippen LogP contribution in [-0.4, -0.2) is 23.1 Å². The van der Waals surface area contributed by atoms with Crippen LogP contribution < -0.4 is 0 Å². The first kappa shape index (κ1) is 34.2. The number of carbonyl (C=O) groups is 2. The van der Waals surface area contributed by atoms with E-state index in [1.54, 1.807) is 0 Å². The van der Waals surface area contributed by atoms with Gasteiger partial charge in [-0.25, -0.2) is 4.79 Å². The number of carbonyl (C=O) groups excluding carboxylic acids is 1. The first-order valence-electron chi connectivity index (χ1n) is 15.0. The normalized spacial score (nSPS) is 12.7. The monoisotopic (exact) mass is 504 g/mol. The fraction of sp³-hybridized carbons (Fsp3) is 0.750. The topological polar surface area (TPSA) is 63.6 Å². The van der Waals surface area contributed by atoms with Crippen molar-refractivity contribution in [2.75, 3.05) is 0 Å². The molecule has 0 saturated heterocycles. The van der Waals surface area contributed by atoms with Crippen LogP contribution in [0, 0.1) is 0 Å². The van der Waals surface area contributed by atoms with Gasteiger partial charge in [-0.1, -0.05) is 121 Å². The van der Waals surface area contributed by atoms with E-state index in [0.717, 1.165) is 51.4 Å². The molecule has 0 aromatic rings. The van der Waals surface area contributed by atoms with Gasteiger partial charge in [0.1, 0.15) is 0 Å². The van der Waals surface area contributed by atoms with Crippen LogP contribution in [0.4, 0.5) is 0 Å². The predicted molar refractivity (Wildman–Crippen MR) is 153 cm³/mol. The zero-order valence-corrected chi connectivity index (χ0v) is 23.6. The van der Waals surface area contributed by atoms with Crippen LogP contribution in [0.5, 0.6) is 0 Å². The molecule has 0 aliphatic carbocycles. The van der Waals surface area contributed by atoms with Gasteiger partial charge < -0.3 is 9.84 Å². The van der Waals surface area contributed by atoms with E-state index in [4.69, 9.17) is 4.74 Å². The van der Waals surface area contributed by atoms with Crippen LogP contribution in [0.1, 0.15) is 149 Å². The molecule has 1 unspecified atom stereocenters. The Morgan fingerprint density at radius 1 is 0.611 bits per heavy atom. The number of allylic oxidation sites excluding steroid dienone is 6. The van der Waals surface area contributed by atoms with Gasteiger partial charge in [0.25, 0.3) is 0 Å². The molecule has 0 aromatic carbocycles. The van der Waals surface area contributed by atoms with Gasteiger partial charge in [0.05, 0.1) is 0 Å². The number of carboxylic acid groups (broad SMARTS) is 1. The molecule has 4 heteroatoms. The van der Waals surface area contributed by atoms with E-state index in [1.807, 2.05) is 0 Å². The van der Waals surface area contributed by atoms with E-state index in [9.17, 15) is 14.7 Å². The second kappa shape index (κ2) is 27.7. The highest BCUT2D eigenvalue weighted by Gasteiger charge is 2.21. The van der Waals surface area contributed by atoms with Crippen molar-refractivity contribution in [3.63, 3.8) is 0 Å². The quantitative estimate of drug-likeness (QED) is 0.0723. The van der Waals surface area contributed by atoms with Gasteiger partial charge in [0.2, 0.25) is 0 Å². The molecule has 0 aromatic heterocycles. The molecule has 208 valence electrons. The van der Waals surface area contributed by atoms with Crippen LogP contribution in [0.2, 0.25) is 0 Å². The van der Waals surface area contributed by atoms with Crippen molar-refractivity contribution >= 4 is 11.9 Å². The van der Waals surface area contributed by atoms with E-state index in [-0.39, 0.29) is 5.97 Å². The van der Waals surface area contributed by atoms with Crippen molar-refractivity contribution in [3.8, 4) is 0 Å². The number of unbranched alkanes of at least 4 members (excludes halogenated alkanes) is 14. The van der Waals surface area contributed by atoms with Crippen LogP contribution in [0.15, 0.2) is 36.5 Å². The molecular weight excluding hydrogens is 448 g/mol. The highest BCUT2D eigenvalue weighted by atomic mass is 16.6. The third-order valence-electron chi connectivity index (χ3n) is 6.39. The molecule has 1 atom stereocenters. The highest BCUT2D eigenvalue weighted by Crippen LogP contribution is 2.14. The Bertz CT molecular complexity index is 591. The summed E-state index contributed by atoms with van der Waals surface area (Å²) in [5.74, 6) is -1.41.